The van der Waals surface area contributed by atoms with Crippen molar-refractivity contribution in [3.05, 3.63) is 171 Å². The molecule has 0 bridgehead atoms. The molecule has 3 fully saturated rings. The van der Waals surface area contributed by atoms with Crippen LogP contribution in [-0.2, 0) is 151 Å². The van der Waals surface area contributed by atoms with Crippen molar-refractivity contribution in [2.45, 2.75) is 162 Å². The van der Waals surface area contributed by atoms with Gasteiger partial charge in [-0.25, -0.2) is 7.11 Å². The van der Waals surface area contributed by atoms with E-state index in [2.05, 4.69) is 155 Å². The molecule has 5 aromatic rings. The summed E-state index contributed by atoms with van der Waals surface area (Å²) in [7, 11) is 3.28. The summed E-state index contributed by atoms with van der Waals surface area (Å²) < 4.78 is 4.68. The van der Waals surface area contributed by atoms with Crippen LogP contribution in [0.25, 0.3) is 0 Å². The summed E-state index contributed by atoms with van der Waals surface area (Å²) in [6, 6.07) is 28.0. The van der Waals surface area contributed by atoms with Crippen LogP contribution in [0.1, 0.15) is 124 Å². The Morgan fingerprint density at radius 3 is 2.08 bits per heavy atom. The number of benzene rings is 4. The van der Waals surface area contributed by atoms with E-state index in [0.29, 0.717) is 24.7 Å². The fraction of sp³-hybridized carbons (Fsp3) is 0.500. The molecule has 78 heavy (non-hydrogen) atoms. The molecule has 0 saturated heterocycles. The van der Waals surface area contributed by atoms with Crippen LogP contribution in [0.15, 0.2) is 85.1 Å². The van der Waals surface area contributed by atoms with Crippen molar-refractivity contribution in [2.75, 3.05) is 6.61 Å². The Kier molecular flexibility index (Phi) is 32.7. The SMILES string of the molecule is Cc1ccc(C)c(CC[C@H]2C(Cl)CC(O)[C@@H]2CCCc2nc[c-]s2)c1.[CH2-]Cc1cccc(C[C@H]2C(O)CC(=O)[C@@H]2CCc2ccc(C)cc2C)c1.[CH2-]OCC#CC[C@@H]1C(CCc2ccc(C)c(C)c2)C(=O)C(C)C1O.[Y].[Y].[Y]. The summed E-state index contributed by atoms with van der Waals surface area (Å²) in [4.78, 5) is 29.3. The number of hydrogen-bond acceptors (Lipinski definition) is 8. The maximum atomic E-state index is 12.5. The van der Waals surface area contributed by atoms with Crippen LogP contribution in [0.3, 0.4) is 0 Å². The zero-order valence-electron chi connectivity index (χ0n) is 47.5. The van der Waals surface area contributed by atoms with Gasteiger partial charge in [-0.05, 0) is 162 Å². The Hall–Kier alpha value is -1.15. The van der Waals surface area contributed by atoms with Gasteiger partial charge in [0.2, 0.25) is 0 Å². The van der Waals surface area contributed by atoms with E-state index >= 15 is 0 Å². The number of carbonyl (C=O) groups is 2. The topological polar surface area (TPSA) is 117 Å². The number of carbonyl (C=O) groups excluding carboxylic acids is 2. The molecule has 6 unspecified atom stereocenters. The van der Waals surface area contributed by atoms with Gasteiger partial charge < -0.3 is 43.3 Å². The second kappa shape index (κ2) is 35.9. The van der Waals surface area contributed by atoms with Gasteiger partial charge in [0.25, 0.3) is 0 Å². The summed E-state index contributed by atoms with van der Waals surface area (Å²) in [5, 5.41) is 35.6. The van der Waals surface area contributed by atoms with Crippen molar-refractivity contribution in [1.29, 1.82) is 0 Å². The number of nitrogens with zero attached hydrogens (tertiary/aromatic N) is 1. The number of rotatable bonds is 18. The summed E-state index contributed by atoms with van der Waals surface area (Å²) >= 11 is 8.20. The molecule has 3 saturated carbocycles. The second-order valence-corrected chi connectivity index (χ2v) is 23.4. The quantitative estimate of drug-likeness (QED) is 0.0454. The number of thiazole rings is 1. The molecule has 3 N–H and O–H groups in total. The van der Waals surface area contributed by atoms with Gasteiger partial charge in [-0.15, -0.1) is 17.5 Å². The van der Waals surface area contributed by atoms with Crippen LogP contribution in [-0.4, -0.2) is 62.2 Å². The van der Waals surface area contributed by atoms with E-state index in [-0.39, 0.29) is 157 Å². The summed E-state index contributed by atoms with van der Waals surface area (Å²) in [6.07, 6.45) is 12.0. The average Bonchev–Trinajstić information content (AvgIpc) is 4.12. The molecule has 11 atom stereocenters. The molecule has 4 aromatic carbocycles. The van der Waals surface area contributed by atoms with Gasteiger partial charge in [-0.1, -0.05) is 132 Å². The van der Waals surface area contributed by atoms with Crippen LogP contribution in [0.4, 0.5) is 0 Å². The Morgan fingerprint density at radius 2 is 1.38 bits per heavy atom. The zero-order chi connectivity index (χ0) is 54.2. The molecule has 0 aliphatic heterocycles. The van der Waals surface area contributed by atoms with Crippen molar-refractivity contribution >= 4 is 34.5 Å². The van der Waals surface area contributed by atoms with Crippen LogP contribution in [0.5, 0.6) is 0 Å². The number of aryl methyl sites for hydroxylation is 10. The van der Waals surface area contributed by atoms with E-state index in [4.69, 9.17) is 11.6 Å². The van der Waals surface area contributed by atoms with Gasteiger partial charge >= 0.3 is 0 Å². The number of aliphatic hydroxyl groups excluding tert-OH is 3. The maximum Gasteiger partial charge on any atom is 0.141 e. The van der Waals surface area contributed by atoms with E-state index in [0.717, 1.165) is 82.1 Å². The minimum Gasteiger partial charge on any atom is -0.546 e. The second-order valence-electron chi connectivity index (χ2n) is 21.9. The third-order valence-electron chi connectivity index (χ3n) is 16.6. The molecule has 3 aliphatic carbocycles. The molecule has 7 nitrogen and oxygen atoms in total. The molecule has 1 heterocycles. The van der Waals surface area contributed by atoms with Crippen molar-refractivity contribution in [2.24, 2.45) is 41.4 Å². The fourth-order valence-corrected chi connectivity index (χ4v) is 13.0. The molecule has 1 aromatic heterocycles. The standard InChI is InChI=1S/C24H29O2.C21H27ClNOS.C21H27O3.3Y/c1-4-18-6-5-7-19(13-18)14-22-21(23(25)15-24(22)26)11-10-20-9-8-16(2)12-17(20)3;1-14-6-7-15(2)16(12-14)8-9-17-18(20(24)13-19(17)22)4-3-5-21-23-10-11-25-21;1-14-8-9-17(13-15(14)2)10-11-19-18(7-5-6-12-24-4)20(22)16(3)21(19)23;;;/h5-9,12-13,21-22,24,26H,1,4,10-11,14-15H2,2-3H3;6-7,10,12,17-20,24H,3-5,8-9,13H2,1-2H3;8-9,13,16,18-20,22H,4,7,10-12H2,1-3H3;;;/q3*-1;;;/t21-,22-,24?;17-,18-,19?,20?;16?,18-,19?,20?;;;/m111.../s1. The Labute approximate surface area is 553 Å². The van der Waals surface area contributed by atoms with E-state index in [1.807, 2.05) is 13.0 Å². The van der Waals surface area contributed by atoms with E-state index in [1.54, 1.807) is 17.5 Å². The molecule has 3 radical (unpaired) electrons. The third-order valence-corrected chi connectivity index (χ3v) is 17.9. The van der Waals surface area contributed by atoms with Crippen LogP contribution >= 0.6 is 22.9 Å². The number of hydrogen-bond donors (Lipinski definition) is 3. The minimum absolute atomic E-state index is 0. The molecule has 0 spiro atoms. The number of Topliss-reactive ketones (excluding diaryl/α,β-unsaturated/α-hetero) is 2. The summed E-state index contributed by atoms with van der Waals surface area (Å²) in [5.74, 6) is 6.46. The third kappa shape index (κ3) is 20.9. The molecule has 3 aliphatic rings. The Bertz CT molecular complexity index is 2690. The molecule has 8 rings (SSSR count). The van der Waals surface area contributed by atoms with Crippen molar-refractivity contribution < 1.29 is 128 Å². The maximum absolute atomic E-state index is 12.5. The van der Waals surface area contributed by atoms with Crippen molar-refractivity contribution in [3.63, 3.8) is 0 Å². The number of ether oxygens (including phenoxy) is 1. The molecular formula is C66H83ClNO6SY3-3. The predicted molar refractivity (Wildman–Crippen MR) is 307 cm³/mol. The van der Waals surface area contributed by atoms with Crippen molar-refractivity contribution in [3.8, 4) is 11.8 Å². The van der Waals surface area contributed by atoms with Crippen LogP contribution < -0.4 is 0 Å². The number of aliphatic hydroxyl groups is 3. The van der Waals surface area contributed by atoms with Gasteiger partial charge in [-0.3, -0.25) is 9.59 Å². The molecule has 413 valence electrons. The van der Waals surface area contributed by atoms with E-state index in [9.17, 15) is 24.9 Å². The normalized spacial score (nSPS) is 24.1. The van der Waals surface area contributed by atoms with Gasteiger partial charge in [0.05, 0.1) is 24.9 Å². The average molecular weight is 1320 g/mol. The first kappa shape index (κ1) is 71.1. The molecule has 12 heteroatoms. The Morgan fingerprint density at radius 1 is 0.692 bits per heavy atom. The zero-order valence-corrected chi connectivity index (χ0v) is 57.6. The number of aromatic nitrogens is 1. The largest absolute Gasteiger partial charge is 0.546 e. The Balaban J connectivity index is 0.000000302. The van der Waals surface area contributed by atoms with Crippen LogP contribution in [0, 0.1) is 114 Å². The van der Waals surface area contributed by atoms with E-state index < -0.39 is 12.2 Å². The first-order valence-electron chi connectivity index (χ1n) is 27.4. The molecular weight excluding hydrogens is 1240 g/mol. The predicted octanol–water partition coefficient (Wildman–Crippen LogP) is 12.8. The first-order chi connectivity index (χ1) is 36.0. The van der Waals surface area contributed by atoms with E-state index in [1.165, 1.54) is 61.2 Å². The monoisotopic (exact) mass is 1320 g/mol. The van der Waals surface area contributed by atoms with Crippen molar-refractivity contribution in [1.82, 2.24) is 4.98 Å². The smallest absolute Gasteiger partial charge is 0.141 e. The fourth-order valence-electron chi connectivity index (χ4n) is 12.0. The number of alkyl halides is 1. The van der Waals surface area contributed by atoms with Crippen LogP contribution in [0.2, 0.25) is 0 Å². The number of halogens is 1. The van der Waals surface area contributed by atoms with Gasteiger partial charge in [-0.2, -0.15) is 11.8 Å². The first-order valence-corrected chi connectivity index (χ1v) is 28.7. The summed E-state index contributed by atoms with van der Waals surface area (Å²) in [6.45, 7) is 18.8. The number of ketones is 2. The van der Waals surface area contributed by atoms with Gasteiger partial charge in [0.1, 0.15) is 11.6 Å². The minimum atomic E-state index is -0.600. The summed E-state index contributed by atoms with van der Waals surface area (Å²) in [5.41, 5.74) is 14.1. The van der Waals surface area contributed by atoms with Gasteiger partial charge in [0, 0.05) is 140 Å². The molecule has 0 amide bonds. The van der Waals surface area contributed by atoms with Gasteiger partial charge in [0.15, 0.2) is 0 Å².